The zero-order chi connectivity index (χ0) is 17.9. The summed E-state index contributed by atoms with van der Waals surface area (Å²) in [5.41, 5.74) is 0.765. The van der Waals surface area contributed by atoms with Gasteiger partial charge in [-0.3, -0.25) is 4.79 Å². The average molecular weight is 356 g/mol. The molecule has 0 aliphatic carbocycles. The fourth-order valence-corrected chi connectivity index (χ4v) is 2.44. The molecule has 0 aliphatic heterocycles. The number of rotatable bonds is 4. The predicted octanol–water partition coefficient (Wildman–Crippen LogP) is 2.00. The zero-order valence-electron chi connectivity index (χ0n) is 12.2. The van der Waals surface area contributed by atoms with Gasteiger partial charge in [0.25, 0.3) is 5.82 Å². The second-order valence-corrected chi connectivity index (χ2v) is 5.92. The van der Waals surface area contributed by atoms with Crippen LogP contribution in [0.15, 0.2) is 29.4 Å². The highest BCUT2D eigenvalue weighted by Gasteiger charge is 2.38. The molecule has 0 spiro atoms. The van der Waals surface area contributed by atoms with E-state index in [2.05, 4.69) is 15.5 Å². The Bertz CT molecular complexity index is 798. The van der Waals surface area contributed by atoms with E-state index in [1.54, 1.807) is 18.2 Å². The predicted molar refractivity (Wildman–Crippen MR) is 80.3 cm³/mol. The smallest absolute Gasteiger partial charge is 0.335 e. The number of nitrogen functional groups attached to an aromatic ring is 1. The van der Waals surface area contributed by atoms with Gasteiger partial charge in [-0.1, -0.05) is 17.8 Å². The molecule has 7 nitrogen and oxygen atoms in total. The number of aromatic nitrogens is 3. The van der Waals surface area contributed by atoms with Crippen molar-refractivity contribution in [3.63, 3.8) is 0 Å². The van der Waals surface area contributed by atoms with E-state index < -0.39 is 23.2 Å². The molecule has 0 unspecified atom stereocenters. The van der Waals surface area contributed by atoms with Crippen molar-refractivity contribution in [2.75, 3.05) is 11.2 Å². The molecule has 1 aromatic carbocycles. The lowest BCUT2D eigenvalue weighted by molar-refractivity contribution is -0.146. The van der Waals surface area contributed by atoms with Gasteiger partial charge >= 0.3 is 6.18 Å². The maximum Gasteiger partial charge on any atom is 0.453 e. The summed E-state index contributed by atoms with van der Waals surface area (Å²) in [6, 6.07) is 8.16. The first kappa shape index (κ1) is 17.6. The highest BCUT2D eigenvalue weighted by Crippen LogP contribution is 2.30. The van der Waals surface area contributed by atoms with Crippen LogP contribution in [0.3, 0.4) is 0 Å². The van der Waals surface area contributed by atoms with Crippen LogP contribution in [-0.2, 0) is 11.0 Å². The molecular formula is C13H11F3N6OS. The Balaban J connectivity index is 2.07. The topological polar surface area (TPSA) is 110 Å². The van der Waals surface area contributed by atoms with Gasteiger partial charge in [0, 0.05) is 5.69 Å². The third kappa shape index (κ3) is 3.96. The Kier molecular flexibility index (Phi) is 4.99. The second-order valence-electron chi connectivity index (χ2n) is 4.62. The Morgan fingerprint density at radius 1 is 1.46 bits per heavy atom. The molecule has 0 aliphatic rings. The Morgan fingerprint density at radius 3 is 2.75 bits per heavy atom. The Morgan fingerprint density at radius 2 is 2.17 bits per heavy atom. The molecule has 1 atom stereocenters. The number of alkyl halides is 3. The number of amides is 1. The molecule has 1 heterocycles. The number of nitriles is 1. The van der Waals surface area contributed by atoms with Crippen LogP contribution in [0.25, 0.3) is 0 Å². The fourth-order valence-electron chi connectivity index (χ4n) is 1.67. The summed E-state index contributed by atoms with van der Waals surface area (Å²) < 4.78 is 38.1. The molecular weight excluding hydrogens is 345 g/mol. The maximum atomic E-state index is 12.6. The van der Waals surface area contributed by atoms with Gasteiger partial charge in [0.05, 0.1) is 16.9 Å². The van der Waals surface area contributed by atoms with Gasteiger partial charge in [0.15, 0.2) is 0 Å². The van der Waals surface area contributed by atoms with Crippen LogP contribution >= 0.6 is 11.8 Å². The summed E-state index contributed by atoms with van der Waals surface area (Å²) in [5.74, 6) is 3.48. The van der Waals surface area contributed by atoms with Crippen molar-refractivity contribution >= 4 is 23.4 Å². The molecule has 2 aromatic rings. The van der Waals surface area contributed by atoms with Crippen molar-refractivity contribution < 1.29 is 18.0 Å². The molecule has 1 aromatic heterocycles. The highest BCUT2D eigenvalue weighted by atomic mass is 32.2. The monoisotopic (exact) mass is 356 g/mol. The van der Waals surface area contributed by atoms with E-state index in [-0.39, 0.29) is 5.16 Å². The van der Waals surface area contributed by atoms with Crippen molar-refractivity contribution in [2.45, 2.75) is 23.5 Å². The molecule has 126 valence electrons. The first-order valence-corrected chi connectivity index (χ1v) is 7.35. The molecule has 3 N–H and O–H groups in total. The van der Waals surface area contributed by atoms with Crippen LogP contribution in [0.5, 0.6) is 0 Å². The molecule has 0 saturated carbocycles. The van der Waals surface area contributed by atoms with Gasteiger partial charge in [-0.05, 0) is 25.1 Å². The Hall–Kier alpha value is -2.74. The highest BCUT2D eigenvalue weighted by molar-refractivity contribution is 8.00. The largest absolute Gasteiger partial charge is 0.453 e. The standard InChI is InChI=1S/C13H11F3N6OS/c1-7(10(23)19-9-4-2-3-8(5-9)6-17)24-12-21-20-11(22(12)18)13(14,15)16/h2-5,7H,18H2,1H3,(H,19,23)/t7-/m1/s1. The number of benzene rings is 1. The van der Waals surface area contributed by atoms with Crippen molar-refractivity contribution in [1.29, 1.82) is 5.26 Å². The number of anilines is 1. The molecule has 1 amide bonds. The van der Waals surface area contributed by atoms with Crippen LogP contribution in [-0.4, -0.2) is 26.0 Å². The summed E-state index contributed by atoms with van der Waals surface area (Å²) in [6.45, 7) is 1.48. The first-order valence-electron chi connectivity index (χ1n) is 6.47. The number of carbonyl (C=O) groups excluding carboxylic acids is 1. The van der Waals surface area contributed by atoms with Crippen LogP contribution < -0.4 is 11.2 Å². The number of nitrogens with two attached hydrogens (primary N) is 1. The molecule has 0 bridgehead atoms. The van der Waals surface area contributed by atoms with Crippen molar-refractivity contribution in [2.24, 2.45) is 0 Å². The number of hydrogen-bond acceptors (Lipinski definition) is 6. The average Bonchev–Trinajstić information content (AvgIpc) is 2.88. The number of hydrogen-bond donors (Lipinski definition) is 2. The second kappa shape index (κ2) is 6.79. The van der Waals surface area contributed by atoms with E-state index in [4.69, 9.17) is 11.1 Å². The summed E-state index contributed by atoms with van der Waals surface area (Å²) in [6.07, 6.45) is -4.73. The number of halogens is 3. The number of nitrogens with one attached hydrogen (secondary N) is 1. The SMILES string of the molecule is C[C@@H](Sc1nnc(C(F)(F)F)n1N)C(=O)Nc1cccc(C#N)c1. The number of thioether (sulfide) groups is 1. The number of carbonyl (C=O) groups is 1. The molecule has 0 fully saturated rings. The molecule has 11 heteroatoms. The van der Waals surface area contributed by atoms with Gasteiger partial charge < -0.3 is 11.2 Å². The normalized spacial score (nSPS) is 12.5. The van der Waals surface area contributed by atoms with E-state index in [0.29, 0.717) is 15.9 Å². The minimum atomic E-state index is -4.73. The molecule has 0 radical (unpaired) electrons. The minimum Gasteiger partial charge on any atom is -0.335 e. The van der Waals surface area contributed by atoms with E-state index in [9.17, 15) is 18.0 Å². The number of nitrogens with zero attached hydrogens (tertiary/aromatic N) is 4. The summed E-state index contributed by atoms with van der Waals surface area (Å²) in [5, 5.41) is 16.7. The Labute approximate surface area is 138 Å². The van der Waals surface area contributed by atoms with E-state index in [1.165, 1.54) is 13.0 Å². The van der Waals surface area contributed by atoms with Crippen molar-refractivity contribution in [1.82, 2.24) is 14.9 Å². The van der Waals surface area contributed by atoms with Gasteiger partial charge in [0.2, 0.25) is 11.1 Å². The molecule has 2 rings (SSSR count). The molecule has 24 heavy (non-hydrogen) atoms. The van der Waals surface area contributed by atoms with E-state index >= 15 is 0 Å². The molecule has 0 saturated heterocycles. The van der Waals surface area contributed by atoms with Crippen molar-refractivity contribution in [3.8, 4) is 6.07 Å². The summed E-state index contributed by atoms with van der Waals surface area (Å²) in [7, 11) is 0. The third-order valence-corrected chi connectivity index (χ3v) is 3.89. The maximum absolute atomic E-state index is 12.6. The first-order chi connectivity index (χ1) is 11.2. The summed E-state index contributed by atoms with van der Waals surface area (Å²) >= 11 is 0.732. The third-order valence-electron chi connectivity index (χ3n) is 2.83. The lowest BCUT2D eigenvalue weighted by atomic mass is 10.2. The van der Waals surface area contributed by atoms with Crippen LogP contribution in [0.4, 0.5) is 18.9 Å². The van der Waals surface area contributed by atoms with Crippen LogP contribution in [0, 0.1) is 11.3 Å². The fraction of sp³-hybridized carbons (Fsp3) is 0.231. The van der Waals surface area contributed by atoms with Gasteiger partial charge in [0.1, 0.15) is 0 Å². The van der Waals surface area contributed by atoms with Crippen molar-refractivity contribution in [3.05, 3.63) is 35.7 Å². The van der Waals surface area contributed by atoms with Gasteiger partial charge in [-0.15, -0.1) is 10.2 Å². The lowest BCUT2D eigenvalue weighted by Gasteiger charge is -2.12. The van der Waals surface area contributed by atoms with Gasteiger partial charge in [-0.25, -0.2) is 4.68 Å². The summed E-state index contributed by atoms with van der Waals surface area (Å²) in [4.78, 5) is 12.1. The van der Waals surface area contributed by atoms with E-state index in [0.717, 1.165) is 11.8 Å². The lowest BCUT2D eigenvalue weighted by Crippen LogP contribution is -2.25. The minimum absolute atomic E-state index is 0.240. The quantitative estimate of drug-likeness (QED) is 0.640. The van der Waals surface area contributed by atoms with E-state index in [1.807, 2.05) is 6.07 Å². The van der Waals surface area contributed by atoms with Crippen LogP contribution in [0.1, 0.15) is 18.3 Å². The van der Waals surface area contributed by atoms with Crippen LogP contribution in [0.2, 0.25) is 0 Å². The zero-order valence-corrected chi connectivity index (χ0v) is 13.0. The van der Waals surface area contributed by atoms with Gasteiger partial charge in [-0.2, -0.15) is 18.4 Å².